The second-order valence-electron chi connectivity index (χ2n) is 0.758. The Bertz CT molecular complexity index is 144. The molecule has 0 atom stereocenters. The van der Waals surface area contributed by atoms with Gasteiger partial charge in [-0.1, -0.05) is 0 Å². The first kappa shape index (κ1) is 5.31. The van der Waals surface area contributed by atoms with Crippen LogP contribution in [0.4, 0.5) is 0 Å². The zero-order chi connectivity index (χ0) is 4.41. The third kappa shape index (κ3) is 1.35. The fourth-order valence-corrected chi connectivity index (χ4v) is 5.25. The van der Waals surface area contributed by atoms with Gasteiger partial charge in [-0.15, -0.1) is 0 Å². The van der Waals surface area contributed by atoms with Crippen LogP contribution in [0, 0.1) is 1.81 Å². The van der Waals surface area contributed by atoms with Gasteiger partial charge in [-0.25, -0.2) is 0 Å². The van der Waals surface area contributed by atoms with Gasteiger partial charge >= 0.3 is 56.3 Å². The van der Waals surface area contributed by atoms with E-state index in [1.165, 1.54) is 0 Å². The van der Waals surface area contributed by atoms with Gasteiger partial charge in [0, 0.05) is 0 Å². The Kier molecular flexibility index (Phi) is 2.18. The molecule has 0 amide bonds. The van der Waals surface area contributed by atoms with Crippen LogP contribution in [-0.4, -0.2) is 44.6 Å². The molecule has 0 fully saturated rings. The average Bonchev–Trinajstić information content (AvgIpc) is 1.86. The topological polar surface area (TPSA) is 0 Å². The van der Waals surface area contributed by atoms with Gasteiger partial charge in [0.15, 0.2) is 0 Å². The Morgan fingerprint density at radius 1 is 1.33 bits per heavy atom. The van der Waals surface area contributed by atoms with Gasteiger partial charge in [-0.2, -0.15) is 0 Å². The molecule has 1 rings (SSSR count). The molecule has 1 aromatic heterocycles. The molecular formula is C3H2Se3. The van der Waals surface area contributed by atoms with Crippen molar-refractivity contribution in [2.45, 2.75) is 0 Å². The average molecular weight is 275 g/mol. The molecule has 1 aromatic rings. The minimum absolute atomic E-state index is 0.736. The van der Waals surface area contributed by atoms with Crippen LogP contribution in [0.2, 0.25) is 0 Å². The minimum atomic E-state index is 0.736. The van der Waals surface area contributed by atoms with Crippen molar-refractivity contribution in [1.82, 2.24) is 0 Å². The molecule has 0 aliphatic carbocycles. The van der Waals surface area contributed by atoms with Crippen molar-refractivity contribution in [2.24, 2.45) is 0 Å². The van der Waals surface area contributed by atoms with Gasteiger partial charge in [0.2, 0.25) is 0 Å². The Morgan fingerprint density at radius 2 is 1.83 bits per heavy atom. The van der Waals surface area contributed by atoms with E-state index >= 15 is 0 Å². The van der Waals surface area contributed by atoms with Gasteiger partial charge in [0.05, 0.1) is 0 Å². The molecule has 0 N–H and O–H groups in total. The Balaban J connectivity index is 3.41. The van der Waals surface area contributed by atoms with Crippen molar-refractivity contribution < 1.29 is 0 Å². The van der Waals surface area contributed by atoms with Crippen molar-refractivity contribution >= 4 is 44.6 Å². The maximum atomic E-state index is 3.05. The summed E-state index contributed by atoms with van der Waals surface area (Å²) in [7, 11) is 0. The number of hydrogen-bond donors (Lipinski definition) is 0. The van der Waals surface area contributed by atoms with Crippen LogP contribution in [0.15, 0.2) is 9.88 Å². The van der Waals surface area contributed by atoms with E-state index in [9.17, 15) is 0 Å². The zero-order valence-corrected chi connectivity index (χ0v) is 8.02. The Morgan fingerprint density at radius 3 is 2.00 bits per heavy atom. The summed E-state index contributed by atoms with van der Waals surface area (Å²) in [6.07, 6.45) is 0. The molecule has 0 aromatic carbocycles. The van der Waals surface area contributed by atoms with Crippen molar-refractivity contribution in [3.05, 3.63) is 11.7 Å². The summed E-state index contributed by atoms with van der Waals surface area (Å²) in [6, 6.07) is 0. The Labute approximate surface area is 56.1 Å². The predicted octanol–water partition coefficient (Wildman–Crippen LogP) is -0.499. The molecule has 0 saturated heterocycles. The Hall–Kier alpha value is 1.17. The molecule has 0 saturated carbocycles. The molecule has 0 spiro atoms. The normalized spacial score (nSPS) is 8.67. The molecule has 0 aliphatic heterocycles. The van der Waals surface area contributed by atoms with Crippen molar-refractivity contribution in [2.75, 3.05) is 0 Å². The van der Waals surface area contributed by atoms with Gasteiger partial charge < -0.3 is 0 Å². The van der Waals surface area contributed by atoms with E-state index in [1.54, 1.807) is 1.81 Å². The first-order valence-corrected chi connectivity index (χ1v) is 5.96. The maximum absolute atomic E-state index is 3.05. The van der Waals surface area contributed by atoms with E-state index in [2.05, 4.69) is 25.5 Å². The van der Waals surface area contributed by atoms with Crippen LogP contribution in [0.25, 0.3) is 0 Å². The monoisotopic (exact) mass is 278 g/mol. The fraction of sp³-hybridized carbons (Fsp3) is 0. The zero-order valence-electron chi connectivity index (χ0n) is 2.88. The second-order valence-corrected chi connectivity index (χ2v) is 9.39. The summed E-state index contributed by atoms with van der Waals surface area (Å²) >= 11 is 4.52. The van der Waals surface area contributed by atoms with Crippen LogP contribution in [0.3, 0.4) is 0 Å². The van der Waals surface area contributed by atoms with E-state index < -0.39 is 0 Å². The summed E-state index contributed by atoms with van der Waals surface area (Å²) in [5.41, 5.74) is 0. The van der Waals surface area contributed by atoms with E-state index in [1.807, 2.05) is 0 Å². The third-order valence-electron chi connectivity index (χ3n) is 0.384. The molecule has 0 nitrogen and oxygen atoms in total. The molecule has 6 heavy (non-hydrogen) atoms. The molecule has 32 valence electrons. The van der Waals surface area contributed by atoms with Crippen LogP contribution >= 0.6 is 0 Å². The third-order valence-corrected chi connectivity index (χ3v) is 7.40. The van der Waals surface area contributed by atoms with Gasteiger partial charge in [-0.3, -0.25) is 0 Å². The summed E-state index contributed by atoms with van der Waals surface area (Å²) in [5, 5.41) is 0. The van der Waals surface area contributed by atoms with Gasteiger partial charge in [0.1, 0.15) is 0 Å². The van der Waals surface area contributed by atoms with Crippen LogP contribution < -0.4 is 0 Å². The van der Waals surface area contributed by atoms with Gasteiger partial charge in [0.25, 0.3) is 0 Å². The first-order valence-electron chi connectivity index (χ1n) is 1.42. The number of rotatable bonds is 0. The van der Waals surface area contributed by atoms with Crippen LogP contribution in [0.1, 0.15) is 0 Å². The van der Waals surface area contributed by atoms with Crippen molar-refractivity contribution in [3.63, 3.8) is 0 Å². The van der Waals surface area contributed by atoms with Crippen molar-refractivity contribution in [1.29, 1.82) is 0 Å². The molecule has 3 heteroatoms. The van der Waals surface area contributed by atoms with Crippen LogP contribution in [0.5, 0.6) is 0 Å². The summed E-state index contributed by atoms with van der Waals surface area (Å²) in [6.45, 7) is 0. The van der Waals surface area contributed by atoms with E-state index in [0.717, 1.165) is 29.0 Å². The van der Waals surface area contributed by atoms with E-state index in [-0.39, 0.29) is 0 Å². The van der Waals surface area contributed by atoms with Crippen LogP contribution in [-0.2, 0) is 0 Å². The molecule has 0 aliphatic rings. The molecular weight excluding hydrogens is 273 g/mol. The quantitative estimate of drug-likeness (QED) is 0.560. The first-order chi connectivity index (χ1) is 2.89. The molecule has 0 unspecified atom stereocenters. The fourth-order valence-electron chi connectivity index (χ4n) is 0.194. The molecule has 0 bridgehead atoms. The van der Waals surface area contributed by atoms with E-state index in [0.29, 0.717) is 0 Å². The summed E-state index contributed by atoms with van der Waals surface area (Å²) in [5.74, 6) is 0. The van der Waals surface area contributed by atoms with E-state index in [4.69, 9.17) is 0 Å². The van der Waals surface area contributed by atoms with Crippen molar-refractivity contribution in [3.8, 4) is 0 Å². The molecule has 0 radical (unpaired) electrons. The summed E-state index contributed by atoms with van der Waals surface area (Å²) in [4.78, 5) is 4.55. The summed E-state index contributed by atoms with van der Waals surface area (Å²) < 4.78 is 1.59. The SMILES string of the molecule is [Se]=c1[se]cc[se]1. The second kappa shape index (κ2) is 2.47. The standard InChI is InChI=1S/C3H2Se3/c4-3-5-1-2-6-3/h1-2H. The number of hydrogen-bond acceptors (Lipinski definition) is 0. The van der Waals surface area contributed by atoms with Gasteiger partial charge in [-0.05, 0) is 0 Å². The molecule has 1 heterocycles. The predicted molar refractivity (Wildman–Crippen MR) is 29.3 cm³/mol.